The number of primary amides is 1. The molecule has 4 nitrogen and oxygen atoms in total. The second-order valence-electron chi connectivity index (χ2n) is 1.88. The van der Waals surface area contributed by atoms with Crippen molar-refractivity contribution in [2.75, 3.05) is 6.61 Å². The van der Waals surface area contributed by atoms with Gasteiger partial charge in [-0.25, -0.2) is 0 Å². The van der Waals surface area contributed by atoms with Crippen LogP contribution in [0.25, 0.3) is 0 Å². The zero-order valence-electron chi connectivity index (χ0n) is 5.83. The number of aliphatic hydroxyl groups is 1. The van der Waals surface area contributed by atoms with E-state index < -0.39 is 12.2 Å². The van der Waals surface area contributed by atoms with Crippen molar-refractivity contribution in [3.63, 3.8) is 0 Å². The van der Waals surface area contributed by atoms with Crippen molar-refractivity contribution in [2.45, 2.75) is 13.2 Å². The summed E-state index contributed by atoms with van der Waals surface area (Å²) < 4.78 is 4.62. The van der Waals surface area contributed by atoms with Crippen LogP contribution in [0.4, 0.5) is 0 Å². The molecular weight excluding hydrogens is 134 g/mol. The number of amides is 1. The molecule has 0 aromatic carbocycles. The van der Waals surface area contributed by atoms with Crippen molar-refractivity contribution in [1.29, 1.82) is 0 Å². The lowest BCUT2D eigenvalue weighted by molar-refractivity contribution is -0.117. The summed E-state index contributed by atoms with van der Waals surface area (Å²) in [6.45, 7) is 4.73. The molecule has 3 N–H and O–H groups in total. The highest BCUT2D eigenvalue weighted by Crippen LogP contribution is 1.92. The van der Waals surface area contributed by atoms with E-state index in [4.69, 9.17) is 10.8 Å². The Hall–Kier alpha value is -0.870. The van der Waals surface area contributed by atoms with Crippen LogP contribution in [0.15, 0.2) is 12.2 Å². The second kappa shape index (κ2) is 4.03. The van der Waals surface area contributed by atoms with E-state index in [2.05, 4.69) is 11.3 Å². The average molecular weight is 145 g/mol. The van der Waals surface area contributed by atoms with Gasteiger partial charge in [0.1, 0.15) is 0 Å². The van der Waals surface area contributed by atoms with Crippen LogP contribution in [0.1, 0.15) is 6.92 Å². The zero-order valence-corrected chi connectivity index (χ0v) is 5.83. The maximum atomic E-state index is 10.3. The fourth-order valence-corrected chi connectivity index (χ4v) is 0.292. The molecule has 58 valence electrons. The summed E-state index contributed by atoms with van der Waals surface area (Å²) in [5.41, 5.74) is 4.98. The molecule has 4 heteroatoms. The average Bonchev–Trinajstić information content (AvgIpc) is 1.82. The summed E-state index contributed by atoms with van der Waals surface area (Å²) in [6, 6.07) is 0. The van der Waals surface area contributed by atoms with Gasteiger partial charge in [-0.1, -0.05) is 6.58 Å². The van der Waals surface area contributed by atoms with E-state index in [9.17, 15) is 4.79 Å². The molecule has 10 heavy (non-hydrogen) atoms. The molecule has 0 aliphatic heterocycles. The fraction of sp³-hybridized carbons (Fsp3) is 0.500. The SMILES string of the molecule is C=C(COC(C)O)C(N)=O. The minimum absolute atomic E-state index is 0.0208. The Kier molecular flexibility index (Phi) is 3.68. The number of carbonyl (C=O) groups excluding carboxylic acids is 1. The van der Waals surface area contributed by atoms with Gasteiger partial charge in [0.05, 0.1) is 6.61 Å². The molecule has 0 aromatic heterocycles. The monoisotopic (exact) mass is 145 g/mol. The van der Waals surface area contributed by atoms with Crippen molar-refractivity contribution in [3.05, 3.63) is 12.2 Å². The molecule has 1 amide bonds. The van der Waals surface area contributed by atoms with Crippen LogP contribution in [-0.2, 0) is 9.53 Å². The molecule has 0 spiro atoms. The molecule has 0 fully saturated rings. The summed E-state index contributed by atoms with van der Waals surface area (Å²) >= 11 is 0. The number of hydrogen-bond donors (Lipinski definition) is 2. The molecule has 0 aliphatic rings. The van der Waals surface area contributed by atoms with Gasteiger partial charge in [-0.05, 0) is 6.92 Å². The largest absolute Gasteiger partial charge is 0.368 e. The van der Waals surface area contributed by atoms with E-state index in [1.807, 2.05) is 0 Å². The normalized spacial score (nSPS) is 12.6. The third-order valence-electron chi connectivity index (χ3n) is 0.847. The smallest absolute Gasteiger partial charge is 0.246 e. The summed E-state index contributed by atoms with van der Waals surface area (Å²) in [7, 11) is 0. The van der Waals surface area contributed by atoms with E-state index >= 15 is 0 Å². The van der Waals surface area contributed by atoms with Gasteiger partial charge in [-0.2, -0.15) is 0 Å². The number of rotatable bonds is 4. The van der Waals surface area contributed by atoms with Crippen LogP contribution >= 0.6 is 0 Å². The van der Waals surface area contributed by atoms with Crippen molar-refractivity contribution in [2.24, 2.45) is 5.73 Å². The summed E-state index contributed by atoms with van der Waals surface area (Å²) in [6.07, 6.45) is -0.893. The molecule has 0 radical (unpaired) electrons. The lowest BCUT2D eigenvalue weighted by atomic mass is 10.3. The van der Waals surface area contributed by atoms with Crippen molar-refractivity contribution in [1.82, 2.24) is 0 Å². The predicted molar refractivity (Wildman–Crippen MR) is 36.0 cm³/mol. The van der Waals surface area contributed by atoms with Gasteiger partial charge in [0, 0.05) is 5.57 Å². The third kappa shape index (κ3) is 4.05. The Morgan fingerprint density at radius 3 is 2.70 bits per heavy atom. The van der Waals surface area contributed by atoms with E-state index in [0.717, 1.165) is 0 Å². The van der Waals surface area contributed by atoms with Gasteiger partial charge in [-0.15, -0.1) is 0 Å². The Balaban J connectivity index is 3.50. The van der Waals surface area contributed by atoms with Crippen molar-refractivity contribution in [3.8, 4) is 0 Å². The van der Waals surface area contributed by atoms with Gasteiger partial charge in [0.15, 0.2) is 6.29 Å². The van der Waals surface area contributed by atoms with Crippen LogP contribution in [-0.4, -0.2) is 23.9 Å². The van der Waals surface area contributed by atoms with Crippen LogP contribution < -0.4 is 5.73 Å². The van der Waals surface area contributed by atoms with Gasteiger partial charge < -0.3 is 15.6 Å². The number of aliphatic hydroxyl groups excluding tert-OH is 1. The molecule has 0 bridgehead atoms. The number of carbonyl (C=O) groups is 1. The Bertz CT molecular complexity index is 142. The maximum absolute atomic E-state index is 10.3. The van der Waals surface area contributed by atoms with E-state index in [0.29, 0.717) is 0 Å². The van der Waals surface area contributed by atoms with Crippen LogP contribution in [0.5, 0.6) is 0 Å². The van der Waals surface area contributed by atoms with E-state index in [1.54, 1.807) is 0 Å². The van der Waals surface area contributed by atoms with Crippen LogP contribution in [0, 0.1) is 0 Å². The Morgan fingerprint density at radius 1 is 1.90 bits per heavy atom. The second-order valence-corrected chi connectivity index (χ2v) is 1.88. The molecule has 0 rings (SSSR count). The highest BCUT2D eigenvalue weighted by molar-refractivity contribution is 5.91. The first-order valence-electron chi connectivity index (χ1n) is 2.81. The molecule has 0 aliphatic carbocycles. The van der Waals surface area contributed by atoms with Crippen LogP contribution in [0.3, 0.4) is 0 Å². The molecule has 0 heterocycles. The topological polar surface area (TPSA) is 72.6 Å². The number of hydrogen-bond acceptors (Lipinski definition) is 3. The first kappa shape index (κ1) is 9.13. The zero-order chi connectivity index (χ0) is 8.15. The molecule has 0 aromatic rings. The van der Waals surface area contributed by atoms with Gasteiger partial charge >= 0.3 is 0 Å². The molecule has 1 atom stereocenters. The lowest BCUT2D eigenvalue weighted by Gasteiger charge is -2.05. The fourth-order valence-electron chi connectivity index (χ4n) is 0.292. The van der Waals surface area contributed by atoms with Crippen molar-refractivity contribution >= 4 is 5.91 Å². The molecule has 1 unspecified atom stereocenters. The summed E-state index contributed by atoms with van der Waals surface area (Å²) in [4.78, 5) is 10.3. The minimum atomic E-state index is -0.893. The predicted octanol–water partition coefficient (Wildman–Crippen LogP) is -0.617. The number of ether oxygens (including phenoxy) is 1. The van der Waals surface area contributed by atoms with E-state index in [1.165, 1.54) is 6.92 Å². The molecule has 0 saturated carbocycles. The molecule has 0 saturated heterocycles. The quantitative estimate of drug-likeness (QED) is 0.409. The summed E-state index contributed by atoms with van der Waals surface area (Å²) in [5.74, 6) is -0.611. The Morgan fingerprint density at radius 2 is 2.40 bits per heavy atom. The van der Waals surface area contributed by atoms with Gasteiger partial charge in [0.2, 0.25) is 5.91 Å². The van der Waals surface area contributed by atoms with Gasteiger partial charge in [0.25, 0.3) is 0 Å². The minimum Gasteiger partial charge on any atom is -0.368 e. The molecular formula is C6H11NO3. The third-order valence-corrected chi connectivity index (χ3v) is 0.847. The lowest BCUT2D eigenvalue weighted by Crippen LogP contribution is -2.19. The highest BCUT2D eigenvalue weighted by Gasteiger charge is 2.02. The standard InChI is InChI=1S/C6H11NO3/c1-4(6(7)9)3-10-5(2)8/h5,8H,1,3H2,2H3,(H2,7,9). The van der Waals surface area contributed by atoms with E-state index in [-0.39, 0.29) is 12.2 Å². The van der Waals surface area contributed by atoms with Gasteiger partial charge in [-0.3, -0.25) is 4.79 Å². The first-order valence-corrected chi connectivity index (χ1v) is 2.81. The maximum Gasteiger partial charge on any atom is 0.246 e. The Labute approximate surface area is 59.3 Å². The number of nitrogens with two attached hydrogens (primary N) is 1. The summed E-state index contributed by atoms with van der Waals surface area (Å²) in [5, 5.41) is 8.57. The van der Waals surface area contributed by atoms with Crippen LogP contribution in [0.2, 0.25) is 0 Å². The van der Waals surface area contributed by atoms with Crippen molar-refractivity contribution < 1.29 is 14.6 Å². The highest BCUT2D eigenvalue weighted by atomic mass is 16.6. The first-order chi connectivity index (χ1) is 4.54.